The zero-order valence-electron chi connectivity index (χ0n) is 11.8. The van der Waals surface area contributed by atoms with E-state index in [-0.39, 0.29) is 11.4 Å². The summed E-state index contributed by atoms with van der Waals surface area (Å²) in [7, 11) is 3.34. The summed E-state index contributed by atoms with van der Waals surface area (Å²) in [5, 5.41) is 9.06. The van der Waals surface area contributed by atoms with Crippen molar-refractivity contribution >= 4 is 11.7 Å². The van der Waals surface area contributed by atoms with Crippen molar-refractivity contribution in [2.24, 2.45) is 0 Å². The van der Waals surface area contributed by atoms with Crippen molar-refractivity contribution in [1.29, 1.82) is 0 Å². The number of benzene rings is 2. The first-order valence-corrected chi connectivity index (χ1v) is 6.38. The van der Waals surface area contributed by atoms with Gasteiger partial charge in [0.1, 0.15) is 11.6 Å². The highest BCUT2D eigenvalue weighted by Gasteiger charge is 2.11. The van der Waals surface area contributed by atoms with E-state index in [9.17, 15) is 9.18 Å². The van der Waals surface area contributed by atoms with Crippen LogP contribution in [0.4, 0.5) is 10.1 Å². The second-order valence-corrected chi connectivity index (χ2v) is 4.67. The standard InChI is InChI=1S/C16H16FNO3/c1-18(14-5-3-4-13(17)9-14)10-12-8-11(16(19)20)6-7-15(12)21-2/h3-9H,10H2,1-2H3,(H,19,20). The lowest BCUT2D eigenvalue weighted by molar-refractivity contribution is 0.0696. The molecule has 0 aliphatic carbocycles. The van der Waals surface area contributed by atoms with Gasteiger partial charge in [-0.25, -0.2) is 9.18 Å². The molecule has 2 aromatic rings. The van der Waals surface area contributed by atoms with Crippen LogP contribution in [-0.2, 0) is 6.54 Å². The topological polar surface area (TPSA) is 49.8 Å². The van der Waals surface area contributed by atoms with E-state index in [0.29, 0.717) is 18.0 Å². The first-order valence-electron chi connectivity index (χ1n) is 6.38. The number of hydrogen-bond acceptors (Lipinski definition) is 3. The maximum Gasteiger partial charge on any atom is 0.335 e. The highest BCUT2D eigenvalue weighted by atomic mass is 19.1. The minimum Gasteiger partial charge on any atom is -0.496 e. The van der Waals surface area contributed by atoms with Gasteiger partial charge in [0.25, 0.3) is 0 Å². The average molecular weight is 289 g/mol. The summed E-state index contributed by atoms with van der Waals surface area (Å²) < 4.78 is 18.5. The van der Waals surface area contributed by atoms with E-state index < -0.39 is 5.97 Å². The van der Waals surface area contributed by atoms with Gasteiger partial charge >= 0.3 is 5.97 Å². The predicted molar refractivity (Wildman–Crippen MR) is 78.5 cm³/mol. The van der Waals surface area contributed by atoms with Crippen molar-refractivity contribution in [3.05, 3.63) is 59.4 Å². The number of rotatable bonds is 5. The molecular formula is C16H16FNO3. The smallest absolute Gasteiger partial charge is 0.335 e. The Hall–Kier alpha value is -2.56. The van der Waals surface area contributed by atoms with Crippen LogP contribution in [0, 0.1) is 5.82 Å². The summed E-state index contributed by atoms with van der Waals surface area (Å²) in [5.41, 5.74) is 1.63. The average Bonchev–Trinajstić information content (AvgIpc) is 2.47. The molecule has 0 unspecified atom stereocenters. The summed E-state index contributed by atoms with van der Waals surface area (Å²) in [5.74, 6) is -0.707. The first kappa shape index (κ1) is 14.8. The molecular weight excluding hydrogens is 273 g/mol. The van der Waals surface area contributed by atoms with Crippen molar-refractivity contribution in [3.8, 4) is 5.75 Å². The van der Waals surface area contributed by atoms with Gasteiger partial charge in [-0.05, 0) is 36.4 Å². The molecule has 0 fully saturated rings. The number of anilines is 1. The molecule has 0 spiro atoms. The molecule has 0 bridgehead atoms. The Morgan fingerprint density at radius 1 is 1.29 bits per heavy atom. The predicted octanol–water partition coefficient (Wildman–Crippen LogP) is 3.17. The molecule has 0 atom stereocenters. The zero-order valence-corrected chi connectivity index (χ0v) is 11.8. The number of carbonyl (C=O) groups is 1. The van der Waals surface area contributed by atoms with Crippen LogP contribution in [0.25, 0.3) is 0 Å². The lowest BCUT2D eigenvalue weighted by Gasteiger charge is -2.21. The molecule has 0 aliphatic heterocycles. The van der Waals surface area contributed by atoms with E-state index >= 15 is 0 Å². The number of methoxy groups -OCH3 is 1. The van der Waals surface area contributed by atoms with Crippen LogP contribution in [0.15, 0.2) is 42.5 Å². The lowest BCUT2D eigenvalue weighted by Crippen LogP contribution is -2.17. The molecule has 0 aliphatic rings. The van der Waals surface area contributed by atoms with Crippen molar-refractivity contribution < 1.29 is 19.0 Å². The number of ether oxygens (including phenoxy) is 1. The van der Waals surface area contributed by atoms with Crippen LogP contribution in [-0.4, -0.2) is 25.2 Å². The van der Waals surface area contributed by atoms with Crippen molar-refractivity contribution in [2.75, 3.05) is 19.1 Å². The van der Waals surface area contributed by atoms with Gasteiger partial charge in [0.05, 0.1) is 12.7 Å². The van der Waals surface area contributed by atoms with Gasteiger partial charge < -0.3 is 14.7 Å². The van der Waals surface area contributed by atoms with Crippen LogP contribution in [0.2, 0.25) is 0 Å². The zero-order chi connectivity index (χ0) is 15.4. The molecule has 0 radical (unpaired) electrons. The maximum atomic E-state index is 13.3. The van der Waals surface area contributed by atoms with Gasteiger partial charge in [0, 0.05) is 24.8 Å². The fourth-order valence-electron chi connectivity index (χ4n) is 2.10. The van der Waals surface area contributed by atoms with Gasteiger partial charge in [-0.2, -0.15) is 0 Å². The second kappa shape index (κ2) is 6.26. The monoisotopic (exact) mass is 289 g/mol. The van der Waals surface area contributed by atoms with E-state index in [0.717, 1.165) is 5.56 Å². The molecule has 21 heavy (non-hydrogen) atoms. The second-order valence-electron chi connectivity index (χ2n) is 4.67. The van der Waals surface area contributed by atoms with E-state index in [1.165, 1.54) is 25.3 Å². The fourth-order valence-corrected chi connectivity index (χ4v) is 2.10. The molecule has 0 heterocycles. The molecule has 0 saturated heterocycles. The summed E-state index contributed by atoms with van der Waals surface area (Å²) in [6, 6.07) is 10.9. The van der Waals surface area contributed by atoms with Gasteiger partial charge in [0.15, 0.2) is 0 Å². The molecule has 0 aromatic heterocycles. The number of carboxylic acids is 1. The molecule has 2 aromatic carbocycles. The quantitative estimate of drug-likeness (QED) is 0.918. The van der Waals surface area contributed by atoms with Crippen molar-refractivity contribution in [2.45, 2.75) is 6.54 Å². The Kier molecular flexibility index (Phi) is 4.42. The summed E-state index contributed by atoms with van der Waals surface area (Å²) in [6.07, 6.45) is 0. The number of nitrogens with zero attached hydrogens (tertiary/aromatic N) is 1. The number of carboxylic acid groups (broad SMARTS) is 1. The highest BCUT2D eigenvalue weighted by Crippen LogP contribution is 2.24. The maximum absolute atomic E-state index is 13.3. The number of hydrogen-bond donors (Lipinski definition) is 1. The van der Waals surface area contributed by atoms with Gasteiger partial charge in [-0.15, -0.1) is 0 Å². The Labute approximate surface area is 122 Å². The normalized spacial score (nSPS) is 10.2. The largest absolute Gasteiger partial charge is 0.496 e. The third-order valence-corrected chi connectivity index (χ3v) is 3.18. The summed E-state index contributed by atoms with van der Waals surface area (Å²) in [4.78, 5) is 12.9. The van der Waals surface area contributed by atoms with Crippen LogP contribution < -0.4 is 9.64 Å². The Bertz CT molecular complexity index is 658. The third-order valence-electron chi connectivity index (χ3n) is 3.18. The molecule has 1 N–H and O–H groups in total. The van der Waals surface area contributed by atoms with Crippen LogP contribution in [0.3, 0.4) is 0 Å². The number of halogens is 1. The van der Waals surface area contributed by atoms with E-state index in [1.54, 1.807) is 24.3 Å². The van der Waals surface area contributed by atoms with Gasteiger partial charge in [-0.1, -0.05) is 6.07 Å². The van der Waals surface area contributed by atoms with Crippen molar-refractivity contribution in [3.63, 3.8) is 0 Å². The minimum atomic E-state index is -0.993. The Morgan fingerprint density at radius 3 is 2.67 bits per heavy atom. The molecule has 0 amide bonds. The molecule has 2 rings (SSSR count). The summed E-state index contributed by atoms with van der Waals surface area (Å²) >= 11 is 0. The molecule has 110 valence electrons. The van der Waals surface area contributed by atoms with Crippen molar-refractivity contribution in [1.82, 2.24) is 0 Å². The first-order chi connectivity index (χ1) is 10.0. The number of aromatic carboxylic acids is 1. The van der Waals surface area contributed by atoms with Crippen LogP contribution in [0.5, 0.6) is 5.75 Å². The molecule has 5 heteroatoms. The molecule has 4 nitrogen and oxygen atoms in total. The van der Waals surface area contributed by atoms with E-state index in [4.69, 9.17) is 9.84 Å². The highest BCUT2D eigenvalue weighted by molar-refractivity contribution is 5.88. The van der Waals surface area contributed by atoms with Gasteiger partial charge in [-0.3, -0.25) is 0 Å². The third kappa shape index (κ3) is 3.51. The van der Waals surface area contributed by atoms with E-state index in [1.807, 2.05) is 11.9 Å². The molecule has 0 saturated carbocycles. The SMILES string of the molecule is COc1ccc(C(=O)O)cc1CN(C)c1cccc(F)c1. The minimum absolute atomic E-state index is 0.193. The van der Waals surface area contributed by atoms with Crippen LogP contribution in [0.1, 0.15) is 15.9 Å². The van der Waals surface area contributed by atoms with E-state index in [2.05, 4.69) is 0 Å². The summed E-state index contributed by atoms with van der Waals surface area (Å²) in [6.45, 7) is 0.410. The van der Waals surface area contributed by atoms with Crippen LogP contribution >= 0.6 is 0 Å². The Balaban J connectivity index is 2.29. The fraction of sp³-hybridized carbons (Fsp3) is 0.188. The van der Waals surface area contributed by atoms with Gasteiger partial charge in [0.2, 0.25) is 0 Å². The lowest BCUT2D eigenvalue weighted by atomic mass is 10.1. The Morgan fingerprint density at radius 2 is 2.05 bits per heavy atom.